The minimum absolute atomic E-state index is 0.375. The summed E-state index contributed by atoms with van der Waals surface area (Å²) in [4.78, 5) is 31.2. The number of ether oxygens (including phenoxy) is 2. The number of halogens is 1. The first-order valence-electron chi connectivity index (χ1n) is 9.88. The Labute approximate surface area is 192 Å². The van der Waals surface area contributed by atoms with Gasteiger partial charge in [0.05, 0.1) is 30.2 Å². The van der Waals surface area contributed by atoms with Crippen LogP contribution < -0.4 is 20.1 Å². The number of methoxy groups -OCH3 is 2. The molecule has 0 radical (unpaired) electrons. The fourth-order valence-corrected chi connectivity index (χ4v) is 3.26. The maximum Gasteiger partial charge on any atom is 0.270 e. The van der Waals surface area contributed by atoms with E-state index < -0.39 is 22.2 Å². The number of nitro benzene ring substituents is 1. The molecule has 4 aromatic rings. The summed E-state index contributed by atoms with van der Waals surface area (Å²) in [7, 11) is 3.07. The van der Waals surface area contributed by atoms with E-state index in [1.807, 2.05) is 0 Å². The Morgan fingerprint density at radius 3 is 2.32 bits per heavy atom. The van der Waals surface area contributed by atoms with Crippen LogP contribution in [0.15, 0.2) is 60.9 Å². The predicted molar refractivity (Wildman–Crippen MR) is 123 cm³/mol. The first kappa shape index (κ1) is 22.4. The van der Waals surface area contributed by atoms with E-state index >= 15 is 0 Å². The fraction of sp³-hybridized carbons (Fsp3) is 0.0870. The molecule has 34 heavy (non-hydrogen) atoms. The zero-order chi connectivity index (χ0) is 24.2. The normalized spacial score (nSPS) is 10.6. The summed E-state index contributed by atoms with van der Waals surface area (Å²) in [5.41, 5.74) is 0.887. The molecule has 10 nitrogen and oxygen atoms in total. The molecule has 2 N–H and O–H groups in total. The number of amides is 1. The first-order chi connectivity index (χ1) is 16.4. The Kier molecular flexibility index (Phi) is 6.17. The van der Waals surface area contributed by atoms with Crippen molar-refractivity contribution in [3.8, 4) is 11.5 Å². The standard InChI is InChI=1S/C23H18FN5O5/c1-33-20-10-17-19(11-21(20)34-2)25-12-26-22(17)27-13-3-5-14(6-4-13)28-23(30)16-9-15(29(31)32)7-8-18(16)24/h3-12H,1-2H3,(H,28,30)(H,25,26,27). The number of hydrogen-bond acceptors (Lipinski definition) is 8. The molecule has 1 heterocycles. The number of anilines is 3. The summed E-state index contributed by atoms with van der Waals surface area (Å²) in [6.45, 7) is 0. The minimum Gasteiger partial charge on any atom is -0.493 e. The lowest BCUT2D eigenvalue weighted by atomic mass is 10.1. The van der Waals surface area contributed by atoms with Gasteiger partial charge in [0.15, 0.2) is 11.5 Å². The average molecular weight is 463 g/mol. The second-order valence-corrected chi connectivity index (χ2v) is 7.02. The number of aromatic nitrogens is 2. The number of nitrogens with zero attached hydrogens (tertiary/aromatic N) is 3. The van der Waals surface area contributed by atoms with E-state index in [4.69, 9.17) is 9.47 Å². The molecular weight excluding hydrogens is 445 g/mol. The molecule has 0 atom stereocenters. The predicted octanol–water partition coefficient (Wildman–Crippen LogP) is 4.69. The highest BCUT2D eigenvalue weighted by Crippen LogP contribution is 2.34. The third-order valence-electron chi connectivity index (χ3n) is 4.95. The van der Waals surface area contributed by atoms with Crippen molar-refractivity contribution >= 4 is 39.7 Å². The Balaban J connectivity index is 1.54. The van der Waals surface area contributed by atoms with Gasteiger partial charge < -0.3 is 20.1 Å². The van der Waals surface area contributed by atoms with Gasteiger partial charge in [-0.2, -0.15) is 0 Å². The van der Waals surface area contributed by atoms with Crippen LogP contribution in [0.25, 0.3) is 10.9 Å². The number of fused-ring (bicyclic) bond motifs is 1. The van der Waals surface area contributed by atoms with Gasteiger partial charge in [-0.3, -0.25) is 14.9 Å². The molecule has 3 aromatic carbocycles. The van der Waals surface area contributed by atoms with E-state index in [2.05, 4.69) is 20.6 Å². The number of rotatable bonds is 7. The molecule has 0 aliphatic heterocycles. The molecule has 11 heteroatoms. The van der Waals surface area contributed by atoms with Gasteiger partial charge in [0.1, 0.15) is 18.0 Å². The van der Waals surface area contributed by atoms with E-state index in [1.54, 1.807) is 36.4 Å². The monoisotopic (exact) mass is 463 g/mol. The lowest BCUT2D eigenvalue weighted by molar-refractivity contribution is -0.384. The van der Waals surface area contributed by atoms with Gasteiger partial charge in [-0.15, -0.1) is 0 Å². The lowest BCUT2D eigenvalue weighted by Crippen LogP contribution is -2.14. The number of non-ortho nitro benzene ring substituents is 1. The highest BCUT2D eigenvalue weighted by atomic mass is 19.1. The molecule has 1 amide bonds. The van der Waals surface area contributed by atoms with E-state index in [1.165, 1.54) is 20.5 Å². The third-order valence-corrected chi connectivity index (χ3v) is 4.95. The first-order valence-corrected chi connectivity index (χ1v) is 9.88. The molecule has 172 valence electrons. The van der Waals surface area contributed by atoms with Gasteiger partial charge in [-0.05, 0) is 36.4 Å². The zero-order valence-corrected chi connectivity index (χ0v) is 18.0. The second-order valence-electron chi connectivity index (χ2n) is 7.02. The largest absolute Gasteiger partial charge is 0.493 e. The van der Waals surface area contributed by atoms with Crippen LogP contribution in [0.5, 0.6) is 11.5 Å². The van der Waals surface area contributed by atoms with Gasteiger partial charge in [0.2, 0.25) is 0 Å². The van der Waals surface area contributed by atoms with Crippen molar-refractivity contribution in [1.82, 2.24) is 9.97 Å². The SMILES string of the molecule is COc1cc2ncnc(Nc3ccc(NC(=O)c4cc([N+](=O)[O-])ccc4F)cc3)c2cc1OC. The van der Waals surface area contributed by atoms with Crippen molar-refractivity contribution in [2.24, 2.45) is 0 Å². The van der Waals surface area contributed by atoms with Crippen LogP contribution >= 0.6 is 0 Å². The van der Waals surface area contributed by atoms with Crippen molar-refractivity contribution in [2.45, 2.75) is 0 Å². The lowest BCUT2D eigenvalue weighted by Gasteiger charge is -2.12. The molecule has 0 spiro atoms. The molecule has 0 unspecified atom stereocenters. The van der Waals surface area contributed by atoms with Crippen molar-refractivity contribution in [2.75, 3.05) is 24.9 Å². The van der Waals surface area contributed by atoms with E-state index in [-0.39, 0.29) is 5.69 Å². The number of nitrogens with one attached hydrogen (secondary N) is 2. The van der Waals surface area contributed by atoms with Gasteiger partial charge in [-0.1, -0.05) is 0 Å². The quantitative estimate of drug-likeness (QED) is 0.298. The van der Waals surface area contributed by atoms with Crippen molar-refractivity contribution in [1.29, 1.82) is 0 Å². The summed E-state index contributed by atoms with van der Waals surface area (Å²) in [5.74, 6) is -0.0607. The van der Waals surface area contributed by atoms with Crippen LogP contribution in [0, 0.1) is 15.9 Å². The van der Waals surface area contributed by atoms with Crippen LogP contribution in [0.1, 0.15) is 10.4 Å². The van der Waals surface area contributed by atoms with Gasteiger partial charge >= 0.3 is 0 Å². The summed E-state index contributed by atoms with van der Waals surface area (Å²) in [6, 6.07) is 12.9. The summed E-state index contributed by atoms with van der Waals surface area (Å²) in [5, 5.41) is 17.3. The fourth-order valence-electron chi connectivity index (χ4n) is 3.26. The van der Waals surface area contributed by atoms with Crippen molar-refractivity contribution in [3.05, 3.63) is 82.4 Å². The van der Waals surface area contributed by atoms with Crippen molar-refractivity contribution < 1.29 is 23.6 Å². The molecule has 0 fully saturated rings. The molecule has 1 aromatic heterocycles. The van der Waals surface area contributed by atoms with Crippen LogP contribution in [0.4, 0.5) is 27.3 Å². The van der Waals surface area contributed by atoms with Crippen LogP contribution in [0.3, 0.4) is 0 Å². The molecule has 0 aliphatic carbocycles. The van der Waals surface area contributed by atoms with Gasteiger partial charge in [-0.25, -0.2) is 14.4 Å². The molecule has 0 bridgehead atoms. The number of carbonyl (C=O) groups excluding carboxylic acids is 1. The molecular formula is C23H18FN5O5. The van der Waals surface area contributed by atoms with E-state index in [0.717, 1.165) is 18.2 Å². The third kappa shape index (κ3) is 4.53. The smallest absolute Gasteiger partial charge is 0.270 e. The van der Waals surface area contributed by atoms with Gasteiger partial charge in [0.25, 0.3) is 11.6 Å². The number of benzene rings is 3. The maximum atomic E-state index is 14.0. The summed E-state index contributed by atoms with van der Waals surface area (Å²) < 4.78 is 24.7. The highest BCUT2D eigenvalue weighted by Gasteiger charge is 2.17. The average Bonchev–Trinajstić information content (AvgIpc) is 2.84. The zero-order valence-electron chi connectivity index (χ0n) is 18.0. The Morgan fingerprint density at radius 2 is 1.65 bits per heavy atom. The second kappa shape index (κ2) is 9.36. The number of carbonyl (C=O) groups is 1. The maximum absolute atomic E-state index is 14.0. The minimum atomic E-state index is -0.857. The molecule has 0 saturated carbocycles. The summed E-state index contributed by atoms with van der Waals surface area (Å²) >= 11 is 0. The summed E-state index contributed by atoms with van der Waals surface area (Å²) in [6.07, 6.45) is 1.42. The van der Waals surface area contributed by atoms with Crippen molar-refractivity contribution in [3.63, 3.8) is 0 Å². The molecule has 0 aliphatic rings. The van der Waals surface area contributed by atoms with E-state index in [9.17, 15) is 19.3 Å². The number of hydrogen-bond donors (Lipinski definition) is 2. The topological polar surface area (TPSA) is 129 Å². The van der Waals surface area contributed by atoms with Gasteiger partial charge in [0, 0.05) is 35.0 Å². The highest BCUT2D eigenvalue weighted by molar-refractivity contribution is 6.05. The number of nitro groups is 1. The Bertz CT molecular complexity index is 1390. The van der Waals surface area contributed by atoms with E-state index in [0.29, 0.717) is 39.6 Å². The Hall–Kier alpha value is -4.80. The van der Waals surface area contributed by atoms with Crippen LogP contribution in [-0.4, -0.2) is 35.0 Å². The Morgan fingerprint density at radius 1 is 0.971 bits per heavy atom. The molecule has 0 saturated heterocycles. The van der Waals surface area contributed by atoms with Crippen LogP contribution in [0.2, 0.25) is 0 Å². The van der Waals surface area contributed by atoms with Crippen LogP contribution in [-0.2, 0) is 0 Å². The molecule has 4 rings (SSSR count).